The van der Waals surface area contributed by atoms with Crippen molar-refractivity contribution in [3.8, 4) is 0 Å². The minimum atomic E-state index is -3.50. The highest BCUT2D eigenvalue weighted by atomic mass is 32.2. The SMILES string of the molecule is CC(C)NS(=O)(=O)Cc1ccccc1CNC(=O)C1CC(F)(F)CN1. The van der Waals surface area contributed by atoms with Crippen molar-refractivity contribution in [3.63, 3.8) is 0 Å². The van der Waals surface area contributed by atoms with Crippen LogP contribution in [0.4, 0.5) is 8.78 Å². The molecule has 0 spiro atoms. The summed E-state index contributed by atoms with van der Waals surface area (Å²) in [5, 5.41) is 5.09. The molecule has 1 fully saturated rings. The summed E-state index contributed by atoms with van der Waals surface area (Å²) in [5.74, 6) is -3.61. The van der Waals surface area contributed by atoms with Crippen LogP contribution in [0.1, 0.15) is 31.4 Å². The van der Waals surface area contributed by atoms with Crippen LogP contribution in [0.2, 0.25) is 0 Å². The van der Waals surface area contributed by atoms with Gasteiger partial charge in [-0.25, -0.2) is 21.9 Å². The Morgan fingerprint density at radius 1 is 1.32 bits per heavy atom. The van der Waals surface area contributed by atoms with Crippen molar-refractivity contribution in [1.29, 1.82) is 0 Å². The number of halogens is 2. The number of alkyl halides is 2. The van der Waals surface area contributed by atoms with Crippen LogP contribution in [0.15, 0.2) is 24.3 Å². The monoisotopic (exact) mass is 375 g/mol. The van der Waals surface area contributed by atoms with E-state index in [0.29, 0.717) is 11.1 Å². The van der Waals surface area contributed by atoms with Gasteiger partial charge in [-0.2, -0.15) is 0 Å². The number of hydrogen-bond donors (Lipinski definition) is 3. The zero-order valence-electron chi connectivity index (χ0n) is 14.2. The molecule has 6 nitrogen and oxygen atoms in total. The van der Waals surface area contributed by atoms with E-state index in [1.807, 2.05) is 0 Å². The van der Waals surface area contributed by atoms with E-state index >= 15 is 0 Å². The van der Waals surface area contributed by atoms with Gasteiger partial charge in [-0.3, -0.25) is 10.1 Å². The number of carbonyl (C=O) groups is 1. The zero-order valence-corrected chi connectivity index (χ0v) is 15.0. The fraction of sp³-hybridized carbons (Fsp3) is 0.562. The van der Waals surface area contributed by atoms with E-state index in [4.69, 9.17) is 0 Å². The van der Waals surface area contributed by atoms with E-state index < -0.39 is 40.9 Å². The summed E-state index contributed by atoms with van der Waals surface area (Å²) < 4.78 is 53.0. The van der Waals surface area contributed by atoms with Crippen molar-refractivity contribution in [2.24, 2.45) is 0 Å². The van der Waals surface area contributed by atoms with Crippen LogP contribution in [0, 0.1) is 0 Å². The Kier molecular flexibility index (Phi) is 6.12. The van der Waals surface area contributed by atoms with Gasteiger partial charge in [0.15, 0.2) is 0 Å². The van der Waals surface area contributed by atoms with E-state index in [1.165, 1.54) is 0 Å². The van der Waals surface area contributed by atoms with E-state index in [2.05, 4.69) is 15.4 Å². The zero-order chi connectivity index (χ0) is 18.7. The minimum Gasteiger partial charge on any atom is -0.351 e. The van der Waals surface area contributed by atoms with Gasteiger partial charge in [0.1, 0.15) is 0 Å². The molecule has 1 unspecified atom stereocenters. The fourth-order valence-corrected chi connectivity index (χ4v) is 4.18. The molecule has 0 aliphatic carbocycles. The third kappa shape index (κ3) is 6.02. The third-order valence-corrected chi connectivity index (χ3v) is 5.28. The Balaban J connectivity index is 2.00. The highest BCUT2D eigenvalue weighted by Crippen LogP contribution is 2.25. The summed E-state index contributed by atoms with van der Waals surface area (Å²) in [6.45, 7) is 3.03. The van der Waals surface area contributed by atoms with Gasteiger partial charge in [-0.15, -0.1) is 0 Å². The molecule has 0 aromatic heterocycles. The molecule has 2 rings (SSSR count). The lowest BCUT2D eigenvalue weighted by Gasteiger charge is -2.15. The van der Waals surface area contributed by atoms with Crippen molar-refractivity contribution in [1.82, 2.24) is 15.4 Å². The average molecular weight is 375 g/mol. The van der Waals surface area contributed by atoms with Crippen LogP contribution in [0.5, 0.6) is 0 Å². The van der Waals surface area contributed by atoms with Gasteiger partial charge in [0, 0.05) is 19.0 Å². The molecule has 1 atom stereocenters. The molecule has 3 N–H and O–H groups in total. The Morgan fingerprint density at radius 2 is 1.96 bits per heavy atom. The van der Waals surface area contributed by atoms with Crippen LogP contribution in [-0.4, -0.2) is 38.9 Å². The van der Waals surface area contributed by atoms with E-state index in [0.717, 1.165) is 0 Å². The molecule has 0 saturated carbocycles. The quantitative estimate of drug-likeness (QED) is 0.667. The smallest absolute Gasteiger partial charge is 0.262 e. The summed E-state index contributed by atoms with van der Waals surface area (Å²) >= 11 is 0. The lowest BCUT2D eigenvalue weighted by atomic mass is 10.1. The molecule has 1 heterocycles. The summed E-state index contributed by atoms with van der Waals surface area (Å²) in [4.78, 5) is 12.0. The second-order valence-corrected chi connectivity index (χ2v) is 8.27. The van der Waals surface area contributed by atoms with Crippen molar-refractivity contribution in [3.05, 3.63) is 35.4 Å². The third-order valence-electron chi connectivity index (χ3n) is 3.76. The van der Waals surface area contributed by atoms with Crippen molar-refractivity contribution >= 4 is 15.9 Å². The molecule has 1 aliphatic rings. The Labute approximate surface area is 146 Å². The van der Waals surface area contributed by atoms with Gasteiger partial charge in [-0.1, -0.05) is 24.3 Å². The summed E-state index contributed by atoms with van der Waals surface area (Å²) in [7, 11) is -3.50. The van der Waals surface area contributed by atoms with Crippen molar-refractivity contribution in [2.75, 3.05) is 6.54 Å². The maximum atomic E-state index is 13.2. The second kappa shape index (κ2) is 7.76. The van der Waals surface area contributed by atoms with Gasteiger partial charge < -0.3 is 5.32 Å². The van der Waals surface area contributed by atoms with E-state index in [9.17, 15) is 22.0 Å². The molecule has 25 heavy (non-hydrogen) atoms. The van der Waals surface area contributed by atoms with Crippen LogP contribution >= 0.6 is 0 Å². The molecule has 0 radical (unpaired) electrons. The Hall–Kier alpha value is -1.58. The standard InChI is InChI=1S/C16H23F2N3O3S/c1-11(2)21-25(23,24)9-13-6-4-3-5-12(13)8-19-15(22)14-7-16(17,18)10-20-14/h3-6,11,14,20-21H,7-10H2,1-2H3,(H,19,22). The number of benzene rings is 1. The first kappa shape index (κ1) is 19.7. The summed E-state index contributed by atoms with van der Waals surface area (Å²) in [6, 6.07) is 5.67. The first-order chi connectivity index (χ1) is 11.6. The van der Waals surface area contributed by atoms with Crippen LogP contribution in [-0.2, 0) is 27.1 Å². The average Bonchev–Trinajstić information content (AvgIpc) is 2.84. The lowest BCUT2D eigenvalue weighted by molar-refractivity contribution is -0.123. The van der Waals surface area contributed by atoms with Crippen LogP contribution in [0.3, 0.4) is 0 Å². The lowest BCUT2D eigenvalue weighted by Crippen LogP contribution is -2.40. The largest absolute Gasteiger partial charge is 0.351 e. The van der Waals surface area contributed by atoms with Crippen LogP contribution in [0.25, 0.3) is 0 Å². The predicted octanol–water partition coefficient (Wildman–Crippen LogP) is 1.13. The molecule has 1 amide bonds. The first-order valence-electron chi connectivity index (χ1n) is 8.04. The highest BCUT2D eigenvalue weighted by Gasteiger charge is 2.42. The van der Waals surface area contributed by atoms with Gasteiger partial charge in [0.05, 0.1) is 18.3 Å². The Bertz CT molecular complexity index is 723. The number of sulfonamides is 1. The highest BCUT2D eigenvalue weighted by molar-refractivity contribution is 7.88. The number of nitrogens with one attached hydrogen (secondary N) is 3. The normalized spacial score (nSPS) is 20.0. The molecule has 1 aliphatic heterocycles. The summed E-state index contributed by atoms with van der Waals surface area (Å²) in [5.41, 5.74) is 1.19. The maximum Gasteiger partial charge on any atom is 0.262 e. The molecule has 9 heteroatoms. The molecule has 1 aromatic carbocycles. The van der Waals surface area contributed by atoms with Gasteiger partial charge in [-0.05, 0) is 25.0 Å². The topological polar surface area (TPSA) is 87.3 Å². The van der Waals surface area contributed by atoms with Crippen LogP contribution < -0.4 is 15.4 Å². The summed E-state index contributed by atoms with van der Waals surface area (Å²) in [6.07, 6.45) is -0.535. The molecular weight excluding hydrogens is 352 g/mol. The number of amides is 1. The molecule has 1 saturated heterocycles. The number of hydrogen-bond acceptors (Lipinski definition) is 4. The molecular formula is C16H23F2N3O3S. The minimum absolute atomic E-state index is 0.0793. The van der Waals surface area contributed by atoms with Gasteiger partial charge in [0.2, 0.25) is 15.9 Å². The second-order valence-electron chi connectivity index (χ2n) is 6.51. The molecule has 0 bridgehead atoms. The van der Waals surface area contributed by atoms with Crippen molar-refractivity contribution in [2.45, 2.75) is 50.6 Å². The van der Waals surface area contributed by atoms with Gasteiger partial charge in [0.25, 0.3) is 5.92 Å². The van der Waals surface area contributed by atoms with Crippen molar-refractivity contribution < 1.29 is 22.0 Å². The number of carbonyl (C=O) groups excluding carboxylic acids is 1. The van der Waals surface area contributed by atoms with E-state index in [1.54, 1.807) is 38.1 Å². The molecule has 1 aromatic rings. The maximum absolute atomic E-state index is 13.2. The van der Waals surface area contributed by atoms with E-state index in [-0.39, 0.29) is 18.3 Å². The number of rotatable bonds is 7. The predicted molar refractivity (Wildman–Crippen MR) is 90.5 cm³/mol. The van der Waals surface area contributed by atoms with Gasteiger partial charge >= 0.3 is 0 Å². The molecule has 140 valence electrons. The Morgan fingerprint density at radius 3 is 2.52 bits per heavy atom. The first-order valence-corrected chi connectivity index (χ1v) is 9.69. The fourth-order valence-electron chi connectivity index (χ4n) is 2.68.